The fraction of sp³-hybridized carbons (Fsp3) is 0.500. The summed E-state index contributed by atoms with van der Waals surface area (Å²) in [5, 5.41) is 0. The number of ketones is 1. The molecule has 0 aromatic heterocycles. The van der Waals surface area contributed by atoms with Gasteiger partial charge in [-0.15, -0.1) is 0 Å². The van der Waals surface area contributed by atoms with Gasteiger partial charge in [-0.2, -0.15) is 0 Å². The van der Waals surface area contributed by atoms with Crippen LogP contribution in [0.5, 0.6) is 5.75 Å². The van der Waals surface area contributed by atoms with Crippen LogP contribution >= 0.6 is 15.9 Å². The molecule has 0 aliphatic heterocycles. The van der Waals surface area contributed by atoms with Crippen molar-refractivity contribution in [1.82, 2.24) is 0 Å². The highest BCUT2D eigenvalue weighted by molar-refractivity contribution is 9.10. The van der Waals surface area contributed by atoms with Crippen molar-refractivity contribution in [3.63, 3.8) is 0 Å². The zero-order chi connectivity index (χ0) is 15.6. The Balaban J connectivity index is 3.11. The Morgan fingerprint density at radius 2 is 1.95 bits per heavy atom. The monoisotopic (exact) mass is 362 g/mol. The lowest BCUT2D eigenvalue weighted by Gasteiger charge is -2.21. The highest BCUT2D eigenvalue weighted by atomic mass is 79.9. The number of rotatable bonds is 6. The molecule has 0 N–H and O–H groups in total. The molecule has 0 saturated carbocycles. The van der Waals surface area contributed by atoms with Gasteiger partial charge in [0.25, 0.3) is 0 Å². The van der Waals surface area contributed by atoms with Crippen molar-refractivity contribution in [3.8, 4) is 5.75 Å². The van der Waals surface area contributed by atoms with Gasteiger partial charge in [-0.3, -0.25) is 4.79 Å². The van der Waals surface area contributed by atoms with Crippen molar-refractivity contribution in [2.45, 2.75) is 31.9 Å². The second-order valence-electron chi connectivity index (χ2n) is 5.11. The number of carbonyl (C=O) groups excluding carboxylic acids is 1. The summed E-state index contributed by atoms with van der Waals surface area (Å²) in [6, 6.07) is 4.86. The molecule has 0 heterocycles. The smallest absolute Gasteiger partial charge is 0.183 e. The first-order chi connectivity index (χ1) is 9.11. The summed E-state index contributed by atoms with van der Waals surface area (Å²) in [5.74, 6) is 0.211. The van der Waals surface area contributed by atoms with Gasteiger partial charge in [0, 0.05) is 11.8 Å². The molecule has 0 fully saturated rings. The standard InChI is InChI=1S/C14H19BrO4S/c1-5-8-19-12-7-6-10(9-11(12)15)13(16)14(2,3)20(4,17)18/h6-7,9H,5,8H2,1-4H3. The molecular weight excluding hydrogens is 344 g/mol. The highest BCUT2D eigenvalue weighted by Gasteiger charge is 2.38. The zero-order valence-corrected chi connectivity index (χ0v) is 14.5. The molecule has 1 aromatic carbocycles. The number of sulfone groups is 1. The van der Waals surface area contributed by atoms with E-state index in [0.717, 1.165) is 12.7 Å². The van der Waals surface area contributed by atoms with E-state index in [-0.39, 0.29) is 0 Å². The van der Waals surface area contributed by atoms with Gasteiger partial charge in [0.15, 0.2) is 15.6 Å². The van der Waals surface area contributed by atoms with E-state index >= 15 is 0 Å². The van der Waals surface area contributed by atoms with Gasteiger partial charge in [-0.1, -0.05) is 6.92 Å². The van der Waals surface area contributed by atoms with Crippen LogP contribution in [0.1, 0.15) is 37.6 Å². The number of hydrogen-bond donors (Lipinski definition) is 0. The molecule has 0 aliphatic rings. The maximum Gasteiger partial charge on any atom is 0.183 e. The van der Waals surface area contributed by atoms with Crippen molar-refractivity contribution >= 4 is 31.6 Å². The Kier molecular flexibility index (Phi) is 5.38. The Bertz CT molecular complexity index is 606. The van der Waals surface area contributed by atoms with Gasteiger partial charge in [-0.25, -0.2) is 8.42 Å². The van der Waals surface area contributed by atoms with Crippen LogP contribution in [0.15, 0.2) is 22.7 Å². The molecule has 0 saturated heterocycles. The lowest BCUT2D eigenvalue weighted by atomic mass is 10.0. The Morgan fingerprint density at radius 1 is 1.35 bits per heavy atom. The van der Waals surface area contributed by atoms with Crippen molar-refractivity contribution in [1.29, 1.82) is 0 Å². The molecule has 0 atom stereocenters. The first kappa shape index (κ1) is 17.2. The quantitative estimate of drug-likeness (QED) is 0.728. The molecular formula is C14H19BrO4S. The summed E-state index contributed by atoms with van der Waals surface area (Å²) >= 11 is 3.34. The van der Waals surface area contributed by atoms with Crippen LogP contribution in [0.25, 0.3) is 0 Å². The summed E-state index contributed by atoms with van der Waals surface area (Å²) in [6.07, 6.45) is 1.95. The van der Waals surface area contributed by atoms with Crippen molar-refractivity contribution in [2.24, 2.45) is 0 Å². The summed E-state index contributed by atoms with van der Waals surface area (Å²) in [5.41, 5.74) is 0.344. The summed E-state index contributed by atoms with van der Waals surface area (Å²) in [4.78, 5) is 12.3. The molecule has 6 heteroatoms. The number of Topliss-reactive ketones (excluding diaryl/α,β-unsaturated/α-hetero) is 1. The van der Waals surface area contributed by atoms with Crippen LogP contribution in [0, 0.1) is 0 Å². The lowest BCUT2D eigenvalue weighted by molar-refractivity contribution is 0.0954. The van der Waals surface area contributed by atoms with Crippen molar-refractivity contribution in [2.75, 3.05) is 12.9 Å². The highest BCUT2D eigenvalue weighted by Crippen LogP contribution is 2.29. The average molecular weight is 363 g/mol. The number of carbonyl (C=O) groups is 1. The molecule has 0 bridgehead atoms. The van der Waals surface area contributed by atoms with Crippen LogP contribution in [-0.2, 0) is 9.84 Å². The fourth-order valence-electron chi connectivity index (χ4n) is 1.49. The van der Waals surface area contributed by atoms with Crippen LogP contribution in [0.4, 0.5) is 0 Å². The fourth-order valence-corrected chi connectivity index (χ4v) is 2.44. The molecule has 20 heavy (non-hydrogen) atoms. The third kappa shape index (κ3) is 3.61. The molecule has 0 unspecified atom stereocenters. The van der Waals surface area contributed by atoms with E-state index in [1.54, 1.807) is 18.2 Å². The molecule has 0 spiro atoms. The van der Waals surface area contributed by atoms with E-state index in [9.17, 15) is 13.2 Å². The lowest BCUT2D eigenvalue weighted by Crippen LogP contribution is -2.39. The predicted molar refractivity (Wildman–Crippen MR) is 83.2 cm³/mol. The summed E-state index contributed by atoms with van der Waals surface area (Å²) in [6.45, 7) is 5.42. The van der Waals surface area contributed by atoms with Gasteiger partial charge in [0.2, 0.25) is 0 Å². The van der Waals surface area contributed by atoms with Crippen molar-refractivity contribution in [3.05, 3.63) is 28.2 Å². The van der Waals surface area contributed by atoms with E-state index in [0.29, 0.717) is 22.4 Å². The molecule has 0 aliphatic carbocycles. The van der Waals surface area contributed by atoms with Crippen LogP contribution in [0.3, 0.4) is 0 Å². The van der Waals surface area contributed by atoms with Gasteiger partial charge < -0.3 is 4.74 Å². The minimum atomic E-state index is -3.48. The average Bonchev–Trinajstić information content (AvgIpc) is 2.35. The van der Waals surface area contributed by atoms with E-state index in [1.165, 1.54) is 13.8 Å². The third-order valence-electron chi connectivity index (χ3n) is 3.13. The first-order valence-corrected chi connectivity index (χ1v) is 8.96. The number of hydrogen-bond acceptors (Lipinski definition) is 4. The second kappa shape index (κ2) is 6.26. The molecule has 1 aromatic rings. The number of ether oxygens (including phenoxy) is 1. The Labute approximate surface area is 128 Å². The second-order valence-corrected chi connectivity index (χ2v) is 8.52. The van der Waals surface area contributed by atoms with Crippen LogP contribution in [0.2, 0.25) is 0 Å². The normalized spacial score (nSPS) is 12.2. The minimum absolute atomic E-state index is 0.344. The van der Waals surface area contributed by atoms with Crippen molar-refractivity contribution < 1.29 is 17.9 Å². The topological polar surface area (TPSA) is 60.4 Å². The maximum absolute atomic E-state index is 12.3. The third-order valence-corrected chi connectivity index (χ3v) is 5.79. The molecule has 112 valence electrons. The van der Waals surface area contributed by atoms with Crippen LogP contribution in [-0.4, -0.2) is 31.8 Å². The minimum Gasteiger partial charge on any atom is -0.492 e. The Hall–Kier alpha value is -0.880. The molecule has 0 radical (unpaired) electrons. The number of halogens is 1. The summed E-state index contributed by atoms with van der Waals surface area (Å²) in [7, 11) is -3.48. The summed E-state index contributed by atoms with van der Waals surface area (Å²) < 4.78 is 28.1. The van der Waals surface area contributed by atoms with Gasteiger partial charge in [0.05, 0.1) is 11.1 Å². The zero-order valence-electron chi connectivity index (χ0n) is 12.1. The van der Waals surface area contributed by atoms with Gasteiger partial charge >= 0.3 is 0 Å². The Morgan fingerprint density at radius 3 is 2.40 bits per heavy atom. The first-order valence-electron chi connectivity index (χ1n) is 6.28. The van der Waals surface area contributed by atoms with Gasteiger partial charge in [-0.05, 0) is 54.4 Å². The largest absolute Gasteiger partial charge is 0.492 e. The number of benzene rings is 1. The van der Waals surface area contributed by atoms with E-state index < -0.39 is 20.4 Å². The predicted octanol–water partition coefficient (Wildman–Crippen LogP) is 3.24. The van der Waals surface area contributed by atoms with E-state index in [2.05, 4.69) is 15.9 Å². The van der Waals surface area contributed by atoms with Gasteiger partial charge in [0.1, 0.15) is 10.5 Å². The SMILES string of the molecule is CCCOc1ccc(C(=O)C(C)(C)S(C)(=O)=O)cc1Br. The molecule has 0 amide bonds. The molecule has 1 rings (SSSR count). The molecule has 4 nitrogen and oxygen atoms in total. The van der Waals surface area contributed by atoms with Crippen LogP contribution < -0.4 is 4.74 Å². The van der Waals surface area contributed by atoms with E-state index in [1.807, 2.05) is 6.92 Å². The maximum atomic E-state index is 12.3. The van der Waals surface area contributed by atoms with E-state index in [4.69, 9.17) is 4.74 Å².